The lowest BCUT2D eigenvalue weighted by atomic mass is 9.83. The van der Waals surface area contributed by atoms with Crippen molar-refractivity contribution in [2.45, 2.75) is 32.1 Å². The molecule has 0 radical (unpaired) electrons. The van der Waals surface area contributed by atoms with Crippen molar-refractivity contribution in [1.82, 2.24) is 4.98 Å². The zero-order valence-corrected chi connectivity index (χ0v) is 11.3. The summed E-state index contributed by atoms with van der Waals surface area (Å²) in [5.74, 6) is 1.17. The van der Waals surface area contributed by atoms with E-state index >= 15 is 0 Å². The van der Waals surface area contributed by atoms with E-state index in [1.54, 1.807) is 6.20 Å². The Labute approximate surface area is 114 Å². The highest BCUT2D eigenvalue weighted by Gasteiger charge is 2.32. The maximum atomic E-state index is 5.91. The largest absolute Gasteiger partial charge is 0.370 e. The number of anilines is 1. The molecular weight excluding hydrogens is 236 g/mol. The predicted octanol–water partition coefficient (Wildman–Crippen LogP) is 2.94. The van der Waals surface area contributed by atoms with Crippen LogP contribution in [0.1, 0.15) is 32.1 Å². The van der Waals surface area contributed by atoms with Crippen molar-refractivity contribution in [2.24, 2.45) is 16.1 Å². The highest BCUT2D eigenvalue weighted by atomic mass is 15.1. The molecule has 4 nitrogen and oxygen atoms in total. The van der Waals surface area contributed by atoms with Crippen molar-refractivity contribution < 1.29 is 0 Å². The molecule has 1 heterocycles. The molecule has 102 valence electrons. The summed E-state index contributed by atoms with van der Waals surface area (Å²) in [5.41, 5.74) is 6.19. The minimum absolute atomic E-state index is 0.276. The van der Waals surface area contributed by atoms with Gasteiger partial charge >= 0.3 is 0 Å². The van der Waals surface area contributed by atoms with E-state index in [-0.39, 0.29) is 5.41 Å². The molecule has 1 aromatic rings. The fourth-order valence-corrected chi connectivity index (χ4v) is 2.72. The van der Waals surface area contributed by atoms with E-state index in [1.807, 2.05) is 24.3 Å². The number of pyridine rings is 1. The van der Waals surface area contributed by atoms with Crippen LogP contribution >= 0.6 is 0 Å². The number of nitrogens with two attached hydrogens (primary N) is 1. The normalized spacial score (nSPS) is 18.2. The molecular formula is C15H22N4. The molecule has 0 spiro atoms. The van der Waals surface area contributed by atoms with Gasteiger partial charge in [-0.05, 0) is 36.8 Å². The Hall–Kier alpha value is -1.84. The number of nitrogens with zero attached hydrogens (tertiary/aromatic N) is 2. The molecule has 1 saturated carbocycles. The van der Waals surface area contributed by atoms with Crippen LogP contribution in [0, 0.1) is 5.41 Å². The zero-order valence-electron chi connectivity index (χ0n) is 11.3. The summed E-state index contributed by atoms with van der Waals surface area (Å²) in [6.07, 6.45) is 9.77. The number of aliphatic imine (C=N–C) groups is 1. The van der Waals surface area contributed by atoms with Gasteiger partial charge in [0.15, 0.2) is 5.96 Å². The molecule has 0 unspecified atom stereocenters. The minimum Gasteiger partial charge on any atom is -0.370 e. The number of hydrogen-bond donors (Lipinski definition) is 2. The Kier molecular flexibility index (Phi) is 4.55. The van der Waals surface area contributed by atoms with Crippen LogP contribution in [0.4, 0.5) is 5.82 Å². The number of allylic oxidation sites excluding steroid dienone is 1. The Morgan fingerprint density at radius 1 is 1.47 bits per heavy atom. The van der Waals surface area contributed by atoms with Crippen LogP contribution in [0.2, 0.25) is 0 Å². The third-order valence-corrected chi connectivity index (χ3v) is 3.75. The van der Waals surface area contributed by atoms with Crippen LogP contribution in [0.15, 0.2) is 42.0 Å². The number of hydrogen-bond acceptors (Lipinski definition) is 2. The van der Waals surface area contributed by atoms with Gasteiger partial charge < -0.3 is 11.1 Å². The van der Waals surface area contributed by atoms with Gasteiger partial charge in [0.2, 0.25) is 0 Å². The van der Waals surface area contributed by atoms with Crippen LogP contribution in [-0.2, 0) is 0 Å². The van der Waals surface area contributed by atoms with Gasteiger partial charge in [-0.1, -0.05) is 25.0 Å². The van der Waals surface area contributed by atoms with Crippen LogP contribution in [0.3, 0.4) is 0 Å². The van der Waals surface area contributed by atoms with Gasteiger partial charge in [0, 0.05) is 12.7 Å². The lowest BCUT2D eigenvalue weighted by molar-refractivity contribution is 0.314. The molecule has 0 aliphatic heterocycles. The van der Waals surface area contributed by atoms with E-state index < -0.39 is 0 Å². The first-order valence-corrected chi connectivity index (χ1v) is 6.83. The van der Waals surface area contributed by atoms with Gasteiger partial charge in [-0.3, -0.25) is 4.99 Å². The highest BCUT2D eigenvalue weighted by molar-refractivity contribution is 5.91. The number of rotatable bonds is 5. The molecule has 0 bridgehead atoms. The second-order valence-electron chi connectivity index (χ2n) is 5.24. The Balaban J connectivity index is 1.95. The summed E-state index contributed by atoms with van der Waals surface area (Å²) >= 11 is 0. The van der Waals surface area contributed by atoms with Gasteiger partial charge in [-0.15, -0.1) is 6.58 Å². The first kappa shape index (κ1) is 13.6. The van der Waals surface area contributed by atoms with Gasteiger partial charge in [0.05, 0.1) is 0 Å². The monoisotopic (exact) mass is 258 g/mol. The molecule has 1 aliphatic rings. The Morgan fingerprint density at radius 2 is 2.26 bits per heavy atom. The first-order chi connectivity index (χ1) is 9.24. The standard InChI is InChI=1S/C15H22N4/c1-2-8-15(9-4-5-10-15)12-18-14(16)19-13-7-3-6-11-17-13/h2-3,6-7,11H,1,4-5,8-10,12H2,(H3,16,17,18,19). The van der Waals surface area contributed by atoms with E-state index in [1.165, 1.54) is 25.7 Å². The number of aromatic nitrogens is 1. The second-order valence-corrected chi connectivity index (χ2v) is 5.24. The molecule has 19 heavy (non-hydrogen) atoms. The van der Waals surface area contributed by atoms with E-state index in [9.17, 15) is 0 Å². The van der Waals surface area contributed by atoms with E-state index in [0.29, 0.717) is 5.96 Å². The predicted molar refractivity (Wildman–Crippen MR) is 80.1 cm³/mol. The minimum atomic E-state index is 0.276. The third kappa shape index (κ3) is 3.81. The molecule has 0 atom stereocenters. The Bertz CT molecular complexity index is 433. The fourth-order valence-electron chi connectivity index (χ4n) is 2.72. The van der Waals surface area contributed by atoms with Crippen molar-refractivity contribution in [3.05, 3.63) is 37.1 Å². The first-order valence-electron chi connectivity index (χ1n) is 6.83. The molecule has 1 aliphatic carbocycles. The number of guanidine groups is 1. The van der Waals surface area contributed by atoms with E-state index in [0.717, 1.165) is 18.8 Å². The summed E-state index contributed by atoms with van der Waals surface area (Å²) in [6.45, 7) is 4.63. The highest BCUT2D eigenvalue weighted by Crippen LogP contribution is 2.41. The van der Waals surface area contributed by atoms with Crippen LogP contribution in [-0.4, -0.2) is 17.5 Å². The molecule has 0 saturated heterocycles. The summed E-state index contributed by atoms with van der Waals surface area (Å²) < 4.78 is 0. The summed E-state index contributed by atoms with van der Waals surface area (Å²) in [4.78, 5) is 8.65. The molecule has 0 amide bonds. The molecule has 0 aromatic carbocycles. The van der Waals surface area contributed by atoms with Gasteiger partial charge in [0.25, 0.3) is 0 Å². The Morgan fingerprint density at radius 3 is 2.89 bits per heavy atom. The molecule has 1 fully saturated rings. The van der Waals surface area contributed by atoms with Crippen molar-refractivity contribution >= 4 is 11.8 Å². The van der Waals surface area contributed by atoms with Gasteiger partial charge in [-0.25, -0.2) is 4.98 Å². The van der Waals surface area contributed by atoms with Crippen LogP contribution in [0.25, 0.3) is 0 Å². The van der Waals surface area contributed by atoms with Crippen molar-refractivity contribution in [3.63, 3.8) is 0 Å². The van der Waals surface area contributed by atoms with Crippen LogP contribution in [0.5, 0.6) is 0 Å². The molecule has 2 rings (SSSR count). The fraction of sp³-hybridized carbons (Fsp3) is 0.467. The second kappa shape index (κ2) is 6.36. The van der Waals surface area contributed by atoms with Crippen molar-refractivity contribution in [1.29, 1.82) is 0 Å². The lowest BCUT2D eigenvalue weighted by Gasteiger charge is -2.25. The van der Waals surface area contributed by atoms with Gasteiger partial charge in [-0.2, -0.15) is 0 Å². The average Bonchev–Trinajstić information content (AvgIpc) is 2.87. The van der Waals surface area contributed by atoms with E-state index in [4.69, 9.17) is 5.73 Å². The summed E-state index contributed by atoms with van der Waals surface area (Å²) in [5, 5.41) is 3.02. The molecule has 1 aromatic heterocycles. The average molecular weight is 258 g/mol. The lowest BCUT2D eigenvalue weighted by Crippen LogP contribution is -2.27. The van der Waals surface area contributed by atoms with Gasteiger partial charge in [0.1, 0.15) is 5.82 Å². The van der Waals surface area contributed by atoms with Crippen LogP contribution < -0.4 is 11.1 Å². The maximum absolute atomic E-state index is 5.91. The molecule has 4 heteroatoms. The SMILES string of the molecule is C=CCC1(CN=C(N)Nc2ccccn2)CCCC1. The zero-order chi connectivity index (χ0) is 13.6. The topological polar surface area (TPSA) is 63.3 Å². The summed E-state index contributed by atoms with van der Waals surface area (Å²) in [6, 6.07) is 5.66. The van der Waals surface area contributed by atoms with Crippen molar-refractivity contribution in [3.8, 4) is 0 Å². The third-order valence-electron chi connectivity index (χ3n) is 3.75. The quantitative estimate of drug-likeness (QED) is 0.485. The maximum Gasteiger partial charge on any atom is 0.194 e. The van der Waals surface area contributed by atoms with E-state index in [2.05, 4.69) is 21.9 Å². The molecule has 3 N–H and O–H groups in total. The smallest absolute Gasteiger partial charge is 0.194 e. The summed E-state index contributed by atoms with van der Waals surface area (Å²) in [7, 11) is 0. The number of nitrogens with one attached hydrogen (secondary N) is 1. The van der Waals surface area contributed by atoms with Crippen molar-refractivity contribution in [2.75, 3.05) is 11.9 Å².